The highest BCUT2D eigenvalue weighted by atomic mass is 16.4. The summed E-state index contributed by atoms with van der Waals surface area (Å²) in [6.07, 6.45) is 5.38. The van der Waals surface area contributed by atoms with E-state index in [-0.39, 0.29) is 0 Å². The Labute approximate surface area is 180 Å². The van der Waals surface area contributed by atoms with Gasteiger partial charge < -0.3 is 15.5 Å². The molecule has 2 aromatic heterocycles. The molecule has 1 aliphatic heterocycles. The van der Waals surface area contributed by atoms with Gasteiger partial charge in [0.15, 0.2) is 5.65 Å². The van der Waals surface area contributed by atoms with Crippen LogP contribution in [0.3, 0.4) is 0 Å². The molecule has 0 radical (unpaired) electrons. The van der Waals surface area contributed by atoms with Crippen molar-refractivity contribution in [3.8, 4) is 0 Å². The van der Waals surface area contributed by atoms with E-state index in [0.717, 1.165) is 31.0 Å². The van der Waals surface area contributed by atoms with Crippen LogP contribution in [0.4, 0.5) is 0 Å². The summed E-state index contributed by atoms with van der Waals surface area (Å²) in [5.74, 6) is -2.62. The van der Waals surface area contributed by atoms with Crippen LogP contribution in [0.15, 0.2) is 54.7 Å². The number of hydrogen-bond acceptors (Lipinski definition) is 6. The highest BCUT2D eigenvalue weighted by Gasteiger charge is 2.18. The summed E-state index contributed by atoms with van der Waals surface area (Å²) in [4.78, 5) is 20.8. The van der Waals surface area contributed by atoms with E-state index in [0.29, 0.717) is 6.04 Å². The zero-order valence-electron chi connectivity index (χ0n) is 17.2. The summed E-state index contributed by atoms with van der Waals surface area (Å²) < 4.78 is 2.07. The van der Waals surface area contributed by atoms with Crippen molar-refractivity contribution in [3.05, 3.63) is 66.1 Å². The monoisotopic (exact) mass is 425 g/mol. The van der Waals surface area contributed by atoms with Gasteiger partial charge in [-0.2, -0.15) is 0 Å². The van der Waals surface area contributed by atoms with Crippen molar-refractivity contribution in [2.24, 2.45) is 0 Å². The first-order chi connectivity index (χ1) is 15.0. The third kappa shape index (κ3) is 6.87. The van der Waals surface area contributed by atoms with Gasteiger partial charge in [-0.15, -0.1) is 10.2 Å². The van der Waals surface area contributed by atoms with Gasteiger partial charge in [0.05, 0.1) is 0 Å². The average molecular weight is 425 g/mol. The lowest BCUT2D eigenvalue weighted by Crippen LogP contribution is -2.42. The van der Waals surface area contributed by atoms with Crippen LogP contribution in [0, 0.1) is 0 Å². The number of aromatic nitrogens is 3. The first-order valence-corrected chi connectivity index (χ1v) is 10.3. The maximum Gasteiger partial charge on any atom is 0.414 e. The normalized spacial score (nSPS) is 14.7. The molecule has 3 heterocycles. The number of carbonyl (C=O) groups is 2. The molecule has 3 N–H and O–H groups in total. The molecule has 0 saturated carbocycles. The molecular weight excluding hydrogens is 398 g/mol. The number of pyridine rings is 1. The van der Waals surface area contributed by atoms with Crippen LogP contribution < -0.4 is 5.32 Å². The van der Waals surface area contributed by atoms with Crippen molar-refractivity contribution in [3.63, 3.8) is 0 Å². The molecule has 164 valence electrons. The Balaban J connectivity index is 0.000000401. The predicted molar refractivity (Wildman–Crippen MR) is 115 cm³/mol. The van der Waals surface area contributed by atoms with Crippen LogP contribution in [0.1, 0.15) is 24.2 Å². The van der Waals surface area contributed by atoms with Crippen LogP contribution in [0.2, 0.25) is 0 Å². The van der Waals surface area contributed by atoms with Crippen molar-refractivity contribution in [2.45, 2.75) is 31.8 Å². The maximum atomic E-state index is 9.10. The molecule has 0 spiro atoms. The molecule has 9 nitrogen and oxygen atoms in total. The molecule has 0 unspecified atom stereocenters. The summed E-state index contributed by atoms with van der Waals surface area (Å²) in [5, 5.41) is 27.0. The second-order valence-corrected chi connectivity index (χ2v) is 7.40. The summed E-state index contributed by atoms with van der Waals surface area (Å²) in [7, 11) is 0. The van der Waals surface area contributed by atoms with Gasteiger partial charge in [-0.05, 0) is 43.6 Å². The predicted octanol–water partition coefficient (Wildman–Crippen LogP) is 1.68. The molecule has 1 fully saturated rings. The Morgan fingerprint density at radius 1 is 0.968 bits per heavy atom. The molecule has 3 aromatic rings. The molecule has 0 aliphatic carbocycles. The fourth-order valence-electron chi connectivity index (χ4n) is 3.59. The average Bonchev–Trinajstić information content (AvgIpc) is 3.19. The minimum absolute atomic E-state index is 0.617. The summed E-state index contributed by atoms with van der Waals surface area (Å²) >= 11 is 0. The number of piperidine rings is 1. The van der Waals surface area contributed by atoms with E-state index in [4.69, 9.17) is 19.8 Å². The highest BCUT2D eigenvalue weighted by molar-refractivity contribution is 6.27. The fourth-order valence-corrected chi connectivity index (χ4v) is 3.59. The molecule has 9 heteroatoms. The number of nitrogens with one attached hydrogen (secondary N) is 1. The number of hydrogen-bond donors (Lipinski definition) is 3. The first-order valence-electron chi connectivity index (χ1n) is 10.3. The Morgan fingerprint density at radius 2 is 1.65 bits per heavy atom. The lowest BCUT2D eigenvalue weighted by atomic mass is 10.0. The smallest absolute Gasteiger partial charge is 0.414 e. The number of rotatable bonds is 6. The van der Waals surface area contributed by atoms with Crippen molar-refractivity contribution >= 4 is 17.6 Å². The number of carboxylic acid groups (broad SMARTS) is 2. The second-order valence-electron chi connectivity index (χ2n) is 7.40. The number of nitrogens with zero attached hydrogens (tertiary/aromatic N) is 4. The number of fused-ring (bicyclic) bond motifs is 1. The number of aliphatic carboxylic acids is 2. The topological polar surface area (TPSA) is 120 Å². The lowest BCUT2D eigenvalue weighted by molar-refractivity contribution is -0.159. The highest BCUT2D eigenvalue weighted by Crippen LogP contribution is 2.14. The lowest BCUT2D eigenvalue weighted by Gasteiger charge is -2.32. The van der Waals surface area contributed by atoms with E-state index in [2.05, 4.69) is 55.1 Å². The van der Waals surface area contributed by atoms with Gasteiger partial charge in [0.25, 0.3) is 0 Å². The van der Waals surface area contributed by atoms with Gasteiger partial charge in [-0.25, -0.2) is 9.59 Å². The van der Waals surface area contributed by atoms with Crippen LogP contribution in [-0.4, -0.2) is 67.3 Å². The molecule has 0 bridgehead atoms. The van der Waals surface area contributed by atoms with Crippen molar-refractivity contribution in [1.29, 1.82) is 0 Å². The Hall–Kier alpha value is -3.30. The summed E-state index contributed by atoms with van der Waals surface area (Å²) in [5.41, 5.74) is 2.33. The molecular formula is C22H27N5O4. The third-order valence-corrected chi connectivity index (χ3v) is 5.19. The van der Waals surface area contributed by atoms with Crippen molar-refractivity contribution < 1.29 is 19.8 Å². The first kappa shape index (κ1) is 22.4. The number of benzene rings is 1. The van der Waals surface area contributed by atoms with Crippen LogP contribution in [0.5, 0.6) is 0 Å². The number of likely N-dealkylation sites (tertiary alicyclic amines) is 1. The Kier molecular flexibility index (Phi) is 8.08. The van der Waals surface area contributed by atoms with E-state index in [1.165, 1.54) is 31.5 Å². The van der Waals surface area contributed by atoms with E-state index in [1.54, 1.807) is 0 Å². The quantitative estimate of drug-likeness (QED) is 0.510. The van der Waals surface area contributed by atoms with Gasteiger partial charge in [0.2, 0.25) is 0 Å². The largest absolute Gasteiger partial charge is 0.473 e. The zero-order chi connectivity index (χ0) is 22.1. The van der Waals surface area contributed by atoms with Gasteiger partial charge >= 0.3 is 11.9 Å². The summed E-state index contributed by atoms with van der Waals surface area (Å²) in [6.45, 7) is 4.36. The number of carboxylic acids is 2. The van der Waals surface area contributed by atoms with Crippen molar-refractivity contribution in [1.82, 2.24) is 24.8 Å². The molecule has 31 heavy (non-hydrogen) atoms. The molecule has 0 amide bonds. The second kappa shape index (κ2) is 11.2. The molecule has 1 aromatic carbocycles. The van der Waals surface area contributed by atoms with E-state index in [1.807, 2.05) is 24.4 Å². The zero-order valence-corrected chi connectivity index (χ0v) is 17.2. The van der Waals surface area contributed by atoms with E-state index in [9.17, 15) is 0 Å². The standard InChI is InChI=1S/C20H25N5.C2H2O4/c1-2-6-17(7-3-1)16-24-14-10-18(11-15-24)21-12-9-20-23-22-19-8-4-5-13-25(19)20;3-1(4)2(5)6/h1-8,13,18,21H,9-12,14-16H2;(H,3,4)(H,5,6). The molecule has 0 atom stereocenters. The minimum atomic E-state index is -1.82. The van der Waals surface area contributed by atoms with Gasteiger partial charge in [-0.3, -0.25) is 9.30 Å². The molecule has 4 rings (SSSR count). The Bertz CT molecular complexity index is 972. The minimum Gasteiger partial charge on any atom is -0.473 e. The van der Waals surface area contributed by atoms with E-state index >= 15 is 0 Å². The van der Waals surface area contributed by atoms with Gasteiger partial charge in [-0.1, -0.05) is 36.4 Å². The SMILES string of the molecule is O=C(O)C(=O)O.c1ccc(CN2CCC(NCCc3nnc4ccccn34)CC2)cc1. The fraction of sp³-hybridized carbons (Fsp3) is 0.364. The van der Waals surface area contributed by atoms with Crippen LogP contribution in [0.25, 0.3) is 5.65 Å². The third-order valence-electron chi connectivity index (χ3n) is 5.19. The summed E-state index contributed by atoms with van der Waals surface area (Å²) in [6, 6.07) is 17.4. The van der Waals surface area contributed by atoms with Crippen molar-refractivity contribution in [2.75, 3.05) is 19.6 Å². The van der Waals surface area contributed by atoms with Gasteiger partial charge in [0, 0.05) is 31.7 Å². The van der Waals surface area contributed by atoms with Crippen LogP contribution >= 0.6 is 0 Å². The molecule has 1 saturated heterocycles. The Morgan fingerprint density at radius 3 is 2.32 bits per heavy atom. The van der Waals surface area contributed by atoms with Crippen LogP contribution in [-0.2, 0) is 22.6 Å². The van der Waals surface area contributed by atoms with E-state index < -0.39 is 11.9 Å². The van der Waals surface area contributed by atoms with Gasteiger partial charge in [0.1, 0.15) is 5.82 Å². The maximum absolute atomic E-state index is 9.10. The molecule has 1 aliphatic rings.